The number of aryl methyl sites for hydroxylation is 1. The van der Waals surface area contributed by atoms with Crippen LogP contribution in [0.25, 0.3) is 0 Å². The third-order valence-corrected chi connectivity index (χ3v) is 3.31. The minimum Gasteiger partial charge on any atom is -0.491 e. The first-order valence-electron chi connectivity index (χ1n) is 7.98. The Morgan fingerprint density at radius 1 is 1.26 bits per heavy atom. The number of carbonyl (C=O) groups is 1. The second-order valence-electron chi connectivity index (χ2n) is 6.47. The van der Waals surface area contributed by atoms with Gasteiger partial charge in [-0.2, -0.15) is 5.10 Å². The average Bonchev–Trinajstić information content (AvgIpc) is 2.89. The lowest BCUT2D eigenvalue weighted by Crippen LogP contribution is -2.13. The Balaban J connectivity index is 2.06. The fourth-order valence-corrected chi connectivity index (χ4v) is 2.33. The van der Waals surface area contributed by atoms with E-state index in [4.69, 9.17) is 4.74 Å². The van der Waals surface area contributed by atoms with Crippen LogP contribution in [0.4, 0.5) is 5.69 Å². The van der Waals surface area contributed by atoms with Gasteiger partial charge in [0.1, 0.15) is 5.75 Å². The van der Waals surface area contributed by atoms with Crippen molar-refractivity contribution in [2.24, 2.45) is 5.92 Å². The number of amides is 1. The molecule has 0 bridgehead atoms. The van der Waals surface area contributed by atoms with Crippen molar-refractivity contribution in [3.05, 3.63) is 41.2 Å². The van der Waals surface area contributed by atoms with Crippen LogP contribution < -0.4 is 10.1 Å². The lowest BCUT2D eigenvalue weighted by atomic mass is 10.1. The summed E-state index contributed by atoms with van der Waals surface area (Å²) in [6, 6.07) is 7.44. The number of aromatic amines is 1. The van der Waals surface area contributed by atoms with E-state index < -0.39 is 0 Å². The molecule has 0 spiro atoms. The Labute approximate surface area is 137 Å². The molecular formula is C18H25N3O2. The topological polar surface area (TPSA) is 67.0 Å². The Morgan fingerprint density at radius 3 is 2.61 bits per heavy atom. The summed E-state index contributed by atoms with van der Waals surface area (Å²) in [4.78, 5) is 12.3. The standard InChI is InChI=1S/C18H25N3O2/c1-11(2)8-14-10-17(21-20-14)18(22)19-16-7-6-15(9-13(16)5)23-12(3)4/h6-7,9-12H,8H2,1-5H3,(H,19,22)(H,20,21). The van der Waals surface area contributed by atoms with E-state index in [9.17, 15) is 4.79 Å². The van der Waals surface area contributed by atoms with Crippen molar-refractivity contribution >= 4 is 11.6 Å². The number of anilines is 1. The lowest BCUT2D eigenvalue weighted by Gasteiger charge is -2.12. The zero-order chi connectivity index (χ0) is 17.0. The number of nitrogens with zero attached hydrogens (tertiary/aromatic N) is 1. The highest BCUT2D eigenvalue weighted by atomic mass is 16.5. The molecule has 0 saturated heterocycles. The summed E-state index contributed by atoms with van der Waals surface area (Å²) in [6.45, 7) is 10.2. The van der Waals surface area contributed by atoms with Crippen LogP contribution in [0.2, 0.25) is 0 Å². The van der Waals surface area contributed by atoms with Crippen LogP contribution >= 0.6 is 0 Å². The van der Waals surface area contributed by atoms with Crippen molar-refractivity contribution in [1.82, 2.24) is 10.2 Å². The van der Waals surface area contributed by atoms with Gasteiger partial charge in [0.15, 0.2) is 5.69 Å². The zero-order valence-electron chi connectivity index (χ0n) is 14.4. The average molecular weight is 315 g/mol. The number of carbonyl (C=O) groups excluding carboxylic acids is 1. The van der Waals surface area contributed by atoms with Crippen molar-refractivity contribution in [2.75, 3.05) is 5.32 Å². The van der Waals surface area contributed by atoms with E-state index in [0.29, 0.717) is 11.6 Å². The number of benzene rings is 1. The van der Waals surface area contributed by atoms with E-state index in [1.165, 1.54) is 0 Å². The van der Waals surface area contributed by atoms with Gasteiger partial charge in [-0.15, -0.1) is 0 Å². The summed E-state index contributed by atoms with van der Waals surface area (Å²) in [6.07, 6.45) is 0.999. The van der Waals surface area contributed by atoms with Gasteiger partial charge in [-0.25, -0.2) is 0 Å². The molecule has 0 aliphatic carbocycles. The highest BCUT2D eigenvalue weighted by molar-refractivity contribution is 6.03. The summed E-state index contributed by atoms with van der Waals surface area (Å²) < 4.78 is 5.65. The Kier molecular flexibility index (Phi) is 5.42. The molecule has 23 heavy (non-hydrogen) atoms. The number of nitrogens with one attached hydrogen (secondary N) is 2. The second kappa shape index (κ2) is 7.31. The molecule has 0 saturated carbocycles. The van der Waals surface area contributed by atoms with Crippen LogP contribution in [0.1, 0.15) is 49.4 Å². The van der Waals surface area contributed by atoms with Crippen LogP contribution in [-0.2, 0) is 6.42 Å². The normalized spacial score (nSPS) is 11.1. The zero-order valence-corrected chi connectivity index (χ0v) is 14.4. The fraction of sp³-hybridized carbons (Fsp3) is 0.444. The number of rotatable bonds is 6. The molecule has 124 valence electrons. The number of aromatic nitrogens is 2. The van der Waals surface area contributed by atoms with E-state index in [-0.39, 0.29) is 12.0 Å². The Hall–Kier alpha value is -2.30. The minimum absolute atomic E-state index is 0.123. The minimum atomic E-state index is -0.211. The van der Waals surface area contributed by atoms with Crippen LogP contribution in [0, 0.1) is 12.8 Å². The molecule has 1 aromatic heterocycles. The lowest BCUT2D eigenvalue weighted by molar-refractivity contribution is 0.102. The molecule has 1 aromatic carbocycles. The number of hydrogen-bond acceptors (Lipinski definition) is 3. The molecule has 1 amide bonds. The summed E-state index contributed by atoms with van der Waals surface area (Å²) in [5.41, 5.74) is 3.10. The van der Waals surface area contributed by atoms with Crippen LogP contribution in [0.5, 0.6) is 5.75 Å². The van der Waals surface area contributed by atoms with Crippen molar-refractivity contribution in [2.45, 2.75) is 47.1 Å². The second-order valence-corrected chi connectivity index (χ2v) is 6.47. The fourth-order valence-electron chi connectivity index (χ4n) is 2.33. The van der Waals surface area contributed by atoms with Crippen molar-refractivity contribution in [3.63, 3.8) is 0 Å². The number of ether oxygens (including phenoxy) is 1. The van der Waals surface area contributed by atoms with Gasteiger partial charge < -0.3 is 10.1 Å². The maximum Gasteiger partial charge on any atom is 0.276 e. The molecule has 0 aliphatic heterocycles. The van der Waals surface area contributed by atoms with Crippen molar-refractivity contribution in [1.29, 1.82) is 0 Å². The van der Waals surface area contributed by atoms with Gasteiger partial charge in [0.25, 0.3) is 5.91 Å². The molecule has 2 N–H and O–H groups in total. The van der Waals surface area contributed by atoms with E-state index >= 15 is 0 Å². The molecule has 0 unspecified atom stereocenters. The maximum atomic E-state index is 12.3. The molecule has 2 aromatic rings. The molecule has 0 fully saturated rings. The van der Waals surface area contributed by atoms with Gasteiger partial charge in [-0.05, 0) is 62.9 Å². The van der Waals surface area contributed by atoms with Crippen LogP contribution in [0.15, 0.2) is 24.3 Å². The molecule has 0 aliphatic rings. The quantitative estimate of drug-likeness (QED) is 0.848. The first-order valence-corrected chi connectivity index (χ1v) is 7.98. The first-order chi connectivity index (χ1) is 10.8. The van der Waals surface area contributed by atoms with Gasteiger partial charge in [-0.1, -0.05) is 13.8 Å². The number of hydrogen-bond donors (Lipinski definition) is 2. The van der Waals surface area contributed by atoms with Gasteiger partial charge in [0, 0.05) is 11.4 Å². The number of H-pyrrole nitrogens is 1. The summed E-state index contributed by atoms with van der Waals surface area (Å²) in [5, 5.41) is 9.91. The molecule has 5 heteroatoms. The predicted octanol–water partition coefficient (Wildman–Crippen LogP) is 3.96. The van der Waals surface area contributed by atoms with Gasteiger partial charge in [0.05, 0.1) is 6.10 Å². The summed E-state index contributed by atoms with van der Waals surface area (Å²) in [5.74, 6) is 1.11. The summed E-state index contributed by atoms with van der Waals surface area (Å²) >= 11 is 0. The molecule has 0 radical (unpaired) electrons. The molecule has 1 heterocycles. The third kappa shape index (κ3) is 4.84. The predicted molar refractivity (Wildman–Crippen MR) is 92.0 cm³/mol. The largest absolute Gasteiger partial charge is 0.491 e. The van der Waals surface area contributed by atoms with Crippen LogP contribution in [0.3, 0.4) is 0 Å². The highest BCUT2D eigenvalue weighted by Crippen LogP contribution is 2.22. The van der Waals surface area contributed by atoms with E-state index in [2.05, 4.69) is 29.4 Å². The van der Waals surface area contributed by atoms with Gasteiger partial charge in [-0.3, -0.25) is 9.89 Å². The molecule has 0 atom stereocenters. The van der Waals surface area contributed by atoms with Crippen molar-refractivity contribution in [3.8, 4) is 5.75 Å². The molecule has 2 rings (SSSR count). The van der Waals surface area contributed by atoms with Gasteiger partial charge in [0.2, 0.25) is 0 Å². The third-order valence-electron chi connectivity index (χ3n) is 3.31. The van der Waals surface area contributed by atoms with E-state index in [0.717, 1.165) is 29.1 Å². The Morgan fingerprint density at radius 2 is 2.00 bits per heavy atom. The SMILES string of the molecule is Cc1cc(OC(C)C)ccc1NC(=O)c1cc(CC(C)C)[nH]n1. The molecule has 5 nitrogen and oxygen atoms in total. The smallest absolute Gasteiger partial charge is 0.276 e. The van der Waals surface area contributed by atoms with E-state index in [1.54, 1.807) is 6.07 Å². The summed E-state index contributed by atoms with van der Waals surface area (Å²) in [7, 11) is 0. The van der Waals surface area contributed by atoms with Gasteiger partial charge >= 0.3 is 0 Å². The van der Waals surface area contributed by atoms with Crippen molar-refractivity contribution < 1.29 is 9.53 Å². The Bertz CT molecular complexity index is 675. The highest BCUT2D eigenvalue weighted by Gasteiger charge is 2.13. The monoisotopic (exact) mass is 315 g/mol. The van der Waals surface area contributed by atoms with Crippen LogP contribution in [-0.4, -0.2) is 22.2 Å². The molecular weight excluding hydrogens is 290 g/mol. The first kappa shape index (κ1) is 17.1. The van der Waals surface area contributed by atoms with E-state index in [1.807, 2.05) is 39.0 Å². The maximum absolute atomic E-state index is 12.3.